The molecule has 0 aliphatic rings. The largest absolute Gasteiger partial charge is 0.496 e. The van der Waals surface area contributed by atoms with Crippen LogP contribution >= 0.6 is 15.9 Å². The minimum atomic E-state index is -0.462. The number of aryl methyl sites for hydroxylation is 1. The highest BCUT2D eigenvalue weighted by Crippen LogP contribution is 2.25. The van der Waals surface area contributed by atoms with Gasteiger partial charge in [-0.25, -0.2) is 0 Å². The summed E-state index contributed by atoms with van der Waals surface area (Å²) in [5, 5.41) is 0. The Bertz CT molecular complexity index is 732. The zero-order valence-electron chi connectivity index (χ0n) is 13.3. The van der Waals surface area contributed by atoms with Gasteiger partial charge in [-0.2, -0.15) is 0 Å². The number of hydrazine groups is 1. The van der Waals surface area contributed by atoms with E-state index >= 15 is 0 Å². The fourth-order valence-electron chi connectivity index (χ4n) is 1.83. The maximum absolute atomic E-state index is 12.0. The minimum absolute atomic E-state index is 0.199. The number of carbonyl (C=O) groups is 2. The first-order valence-corrected chi connectivity index (χ1v) is 7.91. The summed E-state index contributed by atoms with van der Waals surface area (Å²) < 4.78 is 11.1. The molecule has 2 aromatic carbocycles. The Labute approximate surface area is 148 Å². The fraction of sp³-hybridized carbons (Fsp3) is 0.176. The molecule has 2 amide bonds. The number of hydrogen-bond acceptors (Lipinski definition) is 4. The van der Waals surface area contributed by atoms with E-state index in [0.29, 0.717) is 21.5 Å². The highest BCUT2D eigenvalue weighted by molar-refractivity contribution is 9.10. The first-order valence-electron chi connectivity index (χ1n) is 7.12. The number of methoxy groups -OCH3 is 1. The zero-order chi connectivity index (χ0) is 17.5. The minimum Gasteiger partial charge on any atom is -0.496 e. The third-order valence-electron chi connectivity index (χ3n) is 3.12. The second kappa shape index (κ2) is 8.35. The van der Waals surface area contributed by atoms with E-state index in [9.17, 15) is 9.59 Å². The molecule has 0 aliphatic carbocycles. The SMILES string of the molecule is COc1ccc(C(=O)NNC(=O)COc2ccc(C)cc2)cc1Br. The van der Waals surface area contributed by atoms with Crippen LogP contribution in [0.15, 0.2) is 46.9 Å². The number of halogens is 1. The van der Waals surface area contributed by atoms with Crippen LogP contribution in [0.25, 0.3) is 0 Å². The average Bonchev–Trinajstić information content (AvgIpc) is 2.59. The number of ether oxygens (including phenoxy) is 2. The van der Waals surface area contributed by atoms with Crippen LogP contribution in [-0.2, 0) is 4.79 Å². The van der Waals surface area contributed by atoms with E-state index in [1.807, 2.05) is 19.1 Å². The molecule has 6 nitrogen and oxygen atoms in total. The molecule has 0 aromatic heterocycles. The quantitative estimate of drug-likeness (QED) is 0.766. The number of amides is 2. The Balaban J connectivity index is 1.81. The van der Waals surface area contributed by atoms with Gasteiger partial charge >= 0.3 is 0 Å². The first kappa shape index (κ1) is 17.8. The van der Waals surface area contributed by atoms with Gasteiger partial charge in [0, 0.05) is 5.56 Å². The topological polar surface area (TPSA) is 76.7 Å². The highest BCUT2D eigenvalue weighted by Gasteiger charge is 2.10. The van der Waals surface area contributed by atoms with Crippen LogP contribution in [0.5, 0.6) is 11.5 Å². The summed E-state index contributed by atoms with van der Waals surface area (Å²) in [6.07, 6.45) is 0. The number of nitrogens with one attached hydrogen (secondary N) is 2. The van der Waals surface area contributed by atoms with Gasteiger partial charge in [0.05, 0.1) is 11.6 Å². The highest BCUT2D eigenvalue weighted by atomic mass is 79.9. The summed E-state index contributed by atoms with van der Waals surface area (Å²) in [6, 6.07) is 12.2. The van der Waals surface area contributed by atoms with Crippen molar-refractivity contribution >= 4 is 27.7 Å². The molecule has 0 bridgehead atoms. The number of carbonyl (C=O) groups excluding carboxylic acids is 2. The molecule has 7 heteroatoms. The second-order valence-electron chi connectivity index (χ2n) is 4.95. The van der Waals surface area contributed by atoms with Crippen LogP contribution in [0, 0.1) is 6.92 Å². The molecule has 0 heterocycles. The van der Waals surface area contributed by atoms with Crippen molar-refractivity contribution in [2.75, 3.05) is 13.7 Å². The Morgan fingerprint density at radius 1 is 1.08 bits per heavy atom. The lowest BCUT2D eigenvalue weighted by Gasteiger charge is -2.10. The monoisotopic (exact) mass is 392 g/mol. The lowest BCUT2D eigenvalue weighted by Crippen LogP contribution is -2.43. The number of hydrogen-bond donors (Lipinski definition) is 2. The summed E-state index contributed by atoms with van der Waals surface area (Å²) in [5.41, 5.74) is 6.11. The van der Waals surface area contributed by atoms with E-state index in [0.717, 1.165) is 5.56 Å². The van der Waals surface area contributed by atoms with Crippen molar-refractivity contribution in [1.29, 1.82) is 0 Å². The molecular formula is C17H17BrN2O4. The molecule has 2 aromatic rings. The Kier molecular flexibility index (Phi) is 6.20. The van der Waals surface area contributed by atoms with Crippen molar-refractivity contribution in [3.05, 3.63) is 58.1 Å². The molecule has 0 radical (unpaired) electrons. The lowest BCUT2D eigenvalue weighted by molar-refractivity contribution is -0.123. The smallest absolute Gasteiger partial charge is 0.276 e. The van der Waals surface area contributed by atoms with Crippen LogP contribution in [0.4, 0.5) is 0 Å². The van der Waals surface area contributed by atoms with Crippen molar-refractivity contribution < 1.29 is 19.1 Å². The van der Waals surface area contributed by atoms with Crippen LogP contribution in [-0.4, -0.2) is 25.5 Å². The molecule has 0 unspecified atom stereocenters. The predicted octanol–water partition coefficient (Wildman–Crippen LogP) is 2.61. The van der Waals surface area contributed by atoms with E-state index in [1.54, 1.807) is 30.3 Å². The molecular weight excluding hydrogens is 376 g/mol. The summed E-state index contributed by atoms with van der Waals surface area (Å²) in [4.78, 5) is 23.7. The third kappa shape index (κ3) is 4.99. The van der Waals surface area contributed by atoms with Crippen molar-refractivity contribution in [2.24, 2.45) is 0 Å². The van der Waals surface area contributed by atoms with Gasteiger partial charge in [0.25, 0.3) is 11.8 Å². The normalized spacial score (nSPS) is 9.96. The molecule has 24 heavy (non-hydrogen) atoms. The van der Waals surface area contributed by atoms with Gasteiger partial charge in [0.15, 0.2) is 6.61 Å². The Hall–Kier alpha value is -2.54. The zero-order valence-corrected chi connectivity index (χ0v) is 14.8. The summed E-state index contributed by atoms with van der Waals surface area (Å²) >= 11 is 3.30. The van der Waals surface area contributed by atoms with Gasteiger partial charge in [-0.1, -0.05) is 17.7 Å². The maximum atomic E-state index is 12.0. The van der Waals surface area contributed by atoms with E-state index < -0.39 is 11.8 Å². The average molecular weight is 393 g/mol. The molecule has 126 valence electrons. The second-order valence-corrected chi connectivity index (χ2v) is 5.81. The third-order valence-corrected chi connectivity index (χ3v) is 3.74. The molecule has 0 fully saturated rings. The van der Waals surface area contributed by atoms with E-state index in [2.05, 4.69) is 26.8 Å². The molecule has 0 atom stereocenters. The molecule has 0 aliphatic heterocycles. The van der Waals surface area contributed by atoms with Crippen molar-refractivity contribution in [2.45, 2.75) is 6.92 Å². The van der Waals surface area contributed by atoms with Crippen LogP contribution in [0.2, 0.25) is 0 Å². The predicted molar refractivity (Wildman–Crippen MR) is 93.0 cm³/mol. The van der Waals surface area contributed by atoms with E-state index in [4.69, 9.17) is 9.47 Å². The van der Waals surface area contributed by atoms with E-state index in [-0.39, 0.29) is 6.61 Å². The van der Waals surface area contributed by atoms with Gasteiger partial charge in [-0.3, -0.25) is 20.4 Å². The van der Waals surface area contributed by atoms with E-state index in [1.165, 1.54) is 7.11 Å². The first-order chi connectivity index (χ1) is 11.5. The van der Waals surface area contributed by atoms with Gasteiger partial charge in [-0.05, 0) is 53.2 Å². The molecule has 0 saturated heterocycles. The van der Waals surface area contributed by atoms with Crippen molar-refractivity contribution in [1.82, 2.24) is 10.9 Å². The lowest BCUT2D eigenvalue weighted by atomic mass is 10.2. The summed E-state index contributed by atoms with van der Waals surface area (Å²) in [7, 11) is 1.54. The molecule has 2 rings (SSSR count). The molecule has 2 N–H and O–H groups in total. The number of benzene rings is 2. The standard InChI is InChI=1S/C17H17BrN2O4/c1-11-3-6-13(7-4-11)24-10-16(21)19-20-17(22)12-5-8-15(23-2)14(18)9-12/h3-9H,10H2,1-2H3,(H,19,21)(H,20,22). The van der Waals surface area contributed by atoms with Crippen LogP contribution in [0.3, 0.4) is 0 Å². The Morgan fingerprint density at radius 3 is 2.42 bits per heavy atom. The molecule has 0 spiro atoms. The maximum Gasteiger partial charge on any atom is 0.276 e. The fourth-order valence-corrected chi connectivity index (χ4v) is 2.37. The Morgan fingerprint density at radius 2 is 1.79 bits per heavy atom. The molecule has 0 saturated carbocycles. The van der Waals surface area contributed by atoms with Crippen molar-refractivity contribution in [3.8, 4) is 11.5 Å². The number of rotatable bonds is 5. The van der Waals surface area contributed by atoms with Gasteiger partial charge in [0.2, 0.25) is 0 Å². The van der Waals surface area contributed by atoms with Gasteiger partial charge < -0.3 is 9.47 Å². The van der Waals surface area contributed by atoms with Gasteiger partial charge in [-0.15, -0.1) is 0 Å². The van der Waals surface area contributed by atoms with Crippen LogP contribution < -0.4 is 20.3 Å². The summed E-state index contributed by atoms with van der Waals surface area (Å²) in [5.74, 6) is 0.293. The summed E-state index contributed by atoms with van der Waals surface area (Å²) in [6.45, 7) is 1.76. The van der Waals surface area contributed by atoms with Gasteiger partial charge in [0.1, 0.15) is 11.5 Å². The van der Waals surface area contributed by atoms with Crippen LogP contribution in [0.1, 0.15) is 15.9 Å². The van der Waals surface area contributed by atoms with Crippen molar-refractivity contribution in [3.63, 3.8) is 0 Å².